The van der Waals surface area contributed by atoms with Gasteiger partial charge in [-0.3, -0.25) is 0 Å². The van der Waals surface area contributed by atoms with Gasteiger partial charge in [0.2, 0.25) is 0 Å². The number of hydrogen-bond donors (Lipinski definition) is 1. The topological polar surface area (TPSA) is 26.0 Å². The minimum atomic E-state index is 0.162. The second-order valence-corrected chi connectivity index (χ2v) is 7.00. The average molecular weight is 304 g/mol. The van der Waals surface area contributed by atoms with E-state index in [0.717, 1.165) is 34.4 Å². The van der Waals surface area contributed by atoms with Gasteiger partial charge in [0, 0.05) is 16.1 Å². The van der Waals surface area contributed by atoms with Crippen LogP contribution in [0.25, 0.3) is 0 Å². The van der Waals surface area contributed by atoms with E-state index in [2.05, 4.69) is 11.8 Å². The highest BCUT2D eigenvalue weighted by molar-refractivity contribution is 7.99. The summed E-state index contributed by atoms with van der Waals surface area (Å²) in [6.45, 7) is 0. The summed E-state index contributed by atoms with van der Waals surface area (Å²) in [6.07, 6.45) is 4.47. The Morgan fingerprint density at radius 1 is 1.22 bits per heavy atom. The Kier molecular flexibility index (Phi) is 5.68. The Bertz CT molecular complexity index is 371. The fourth-order valence-corrected chi connectivity index (χ4v) is 4.24. The van der Waals surface area contributed by atoms with Crippen molar-refractivity contribution in [1.82, 2.24) is 0 Å². The van der Waals surface area contributed by atoms with Gasteiger partial charge in [0.05, 0.1) is 0 Å². The van der Waals surface area contributed by atoms with Crippen molar-refractivity contribution in [2.24, 2.45) is 11.7 Å². The minimum Gasteiger partial charge on any atom is -0.327 e. The Hall–Kier alpha value is 0.110. The fourth-order valence-electron chi connectivity index (χ4n) is 2.48. The summed E-state index contributed by atoms with van der Waals surface area (Å²) >= 11 is 14.4. The maximum atomic E-state index is 6.25. The molecule has 0 aromatic heterocycles. The van der Waals surface area contributed by atoms with E-state index in [-0.39, 0.29) is 6.04 Å². The molecule has 1 aromatic rings. The lowest BCUT2D eigenvalue weighted by molar-refractivity contribution is 0.406. The number of hydrogen-bond acceptors (Lipinski definition) is 2. The van der Waals surface area contributed by atoms with Crippen LogP contribution in [0, 0.1) is 5.92 Å². The molecule has 0 spiro atoms. The Balaban J connectivity index is 1.92. The van der Waals surface area contributed by atoms with Gasteiger partial charge < -0.3 is 5.73 Å². The largest absolute Gasteiger partial charge is 0.327 e. The molecule has 0 radical (unpaired) electrons. The zero-order chi connectivity index (χ0) is 13.0. The molecule has 2 rings (SSSR count). The third-order valence-electron chi connectivity index (χ3n) is 3.50. The van der Waals surface area contributed by atoms with Crippen LogP contribution in [0.4, 0.5) is 0 Å². The minimum absolute atomic E-state index is 0.162. The van der Waals surface area contributed by atoms with Gasteiger partial charge in [-0.15, -0.1) is 0 Å². The second-order valence-electron chi connectivity index (χ2n) is 4.96. The number of rotatable bonds is 4. The average Bonchev–Trinajstić information content (AvgIpc) is 2.35. The van der Waals surface area contributed by atoms with E-state index in [0.29, 0.717) is 0 Å². The SMILES string of the molecule is NC(Cc1c(Cl)cccc1Cl)CC1CCSCC1. The van der Waals surface area contributed by atoms with Gasteiger partial charge in [-0.1, -0.05) is 29.3 Å². The first-order valence-corrected chi connectivity index (χ1v) is 8.34. The zero-order valence-electron chi connectivity index (χ0n) is 10.4. The highest BCUT2D eigenvalue weighted by atomic mass is 35.5. The molecule has 1 unspecified atom stereocenters. The van der Waals surface area contributed by atoms with E-state index in [1.165, 1.54) is 24.3 Å². The zero-order valence-corrected chi connectivity index (χ0v) is 12.7. The monoisotopic (exact) mass is 303 g/mol. The summed E-state index contributed by atoms with van der Waals surface area (Å²) in [5.41, 5.74) is 7.25. The number of halogens is 2. The Morgan fingerprint density at radius 2 is 1.83 bits per heavy atom. The number of nitrogens with two attached hydrogens (primary N) is 1. The summed E-state index contributed by atoms with van der Waals surface area (Å²) < 4.78 is 0. The molecule has 1 aliphatic rings. The highest BCUT2D eigenvalue weighted by Gasteiger charge is 2.18. The maximum Gasteiger partial charge on any atom is 0.0453 e. The molecule has 4 heteroatoms. The van der Waals surface area contributed by atoms with E-state index < -0.39 is 0 Å². The normalized spacial score (nSPS) is 18.8. The predicted octanol–water partition coefficient (Wildman–Crippen LogP) is 4.40. The lowest BCUT2D eigenvalue weighted by Crippen LogP contribution is -2.27. The third kappa shape index (κ3) is 4.06. The van der Waals surface area contributed by atoms with Crippen LogP contribution in [0.5, 0.6) is 0 Å². The van der Waals surface area contributed by atoms with Gasteiger partial charge >= 0.3 is 0 Å². The molecular weight excluding hydrogens is 285 g/mol. The van der Waals surface area contributed by atoms with Crippen LogP contribution < -0.4 is 5.73 Å². The molecule has 100 valence electrons. The van der Waals surface area contributed by atoms with E-state index >= 15 is 0 Å². The molecule has 0 bridgehead atoms. The third-order valence-corrected chi connectivity index (χ3v) is 5.26. The van der Waals surface area contributed by atoms with Crippen molar-refractivity contribution in [2.75, 3.05) is 11.5 Å². The predicted molar refractivity (Wildman–Crippen MR) is 82.8 cm³/mol. The van der Waals surface area contributed by atoms with E-state index in [9.17, 15) is 0 Å². The fraction of sp³-hybridized carbons (Fsp3) is 0.571. The summed E-state index contributed by atoms with van der Waals surface area (Å²) in [7, 11) is 0. The van der Waals surface area contributed by atoms with Crippen molar-refractivity contribution in [3.8, 4) is 0 Å². The first kappa shape index (κ1) is 14.5. The van der Waals surface area contributed by atoms with Crippen molar-refractivity contribution < 1.29 is 0 Å². The molecule has 2 N–H and O–H groups in total. The second kappa shape index (κ2) is 7.04. The molecule has 1 atom stereocenters. The van der Waals surface area contributed by atoms with Gasteiger partial charge in [-0.2, -0.15) is 11.8 Å². The number of thioether (sulfide) groups is 1. The summed E-state index contributed by atoms with van der Waals surface area (Å²) in [4.78, 5) is 0. The summed E-state index contributed by atoms with van der Waals surface area (Å²) in [5.74, 6) is 3.34. The van der Waals surface area contributed by atoms with Gasteiger partial charge in [-0.25, -0.2) is 0 Å². The molecular formula is C14H19Cl2NS. The number of benzene rings is 1. The summed E-state index contributed by atoms with van der Waals surface area (Å²) in [6, 6.07) is 5.80. The molecule has 0 aliphatic carbocycles. The molecule has 1 saturated heterocycles. The molecule has 1 aliphatic heterocycles. The lowest BCUT2D eigenvalue weighted by atomic mass is 9.91. The standard InChI is InChI=1S/C14H19Cl2NS/c15-13-2-1-3-14(16)12(13)9-11(17)8-10-4-6-18-7-5-10/h1-3,10-11H,4-9,17H2. The van der Waals surface area contributed by atoms with Crippen LogP contribution in [0.2, 0.25) is 10.0 Å². The molecule has 0 amide bonds. The Morgan fingerprint density at radius 3 is 2.44 bits per heavy atom. The Labute approximate surface area is 123 Å². The summed E-state index contributed by atoms with van der Waals surface area (Å²) in [5, 5.41) is 1.47. The van der Waals surface area contributed by atoms with Crippen LogP contribution in [-0.4, -0.2) is 17.5 Å². The van der Waals surface area contributed by atoms with Crippen LogP contribution in [0.15, 0.2) is 18.2 Å². The van der Waals surface area contributed by atoms with Gasteiger partial charge in [-0.05, 0) is 60.8 Å². The maximum absolute atomic E-state index is 6.25. The van der Waals surface area contributed by atoms with Crippen LogP contribution in [-0.2, 0) is 6.42 Å². The molecule has 1 aromatic carbocycles. The van der Waals surface area contributed by atoms with E-state index in [1.807, 2.05) is 18.2 Å². The first-order valence-electron chi connectivity index (χ1n) is 6.43. The van der Waals surface area contributed by atoms with Gasteiger partial charge in [0.25, 0.3) is 0 Å². The van der Waals surface area contributed by atoms with Crippen molar-refractivity contribution in [1.29, 1.82) is 0 Å². The van der Waals surface area contributed by atoms with Crippen molar-refractivity contribution >= 4 is 35.0 Å². The van der Waals surface area contributed by atoms with Gasteiger partial charge in [0.1, 0.15) is 0 Å². The lowest BCUT2D eigenvalue weighted by Gasteiger charge is -2.24. The molecule has 1 fully saturated rings. The van der Waals surface area contributed by atoms with Crippen LogP contribution in [0.1, 0.15) is 24.8 Å². The van der Waals surface area contributed by atoms with Crippen molar-refractivity contribution in [2.45, 2.75) is 31.7 Å². The smallest absolute Gasteiger partial charge is 0.0453 e. The van der Waals surface area contributed by atoms with Crippen LogP contribution >= 0.6 is 35.0 Å². The first-order chi connectivity index (χ1) is 8.66. The highest BCUT2D eigenvalue weighted by Crippen LogP contribution is 2.29. The molecule has 1 heterocycles. The van der Waals surface area contributed by atoms with E-state index in [4.69, 9.17) is 28.9 Å². The van der Waals surface area contributed by atoms with Crippen molar-refractivity contribution in [3.63, 3.8) is 0 Å². The molecule has 0 saturated carbocycles. The van der Waals surface area contributed by atoms with E-state index in [1.54, 1.807) is 0 Å². The quantitative estimate of drug-likeness (QED) is 0.892. The van der Waals surface area contributed by atoms with Crippen LogP contribution in [0.3, 0.4) is 0 Å². The van der Waals surface area contributed by atoms with Gasteiger partial charge in [0.15, 0.2) is 0 Å². The molecule has 18 heavy (non-hydrogen) atoms. The van der Waals surface area contributed by atoms with Crippen molar-refractivity contribution in [3.05, 3.63) is 33.8 Å². The molecule has 1 nitrogen and oxygen atoms in total.